The highest BCUT2D eigenvalue weighted by Gasteiger charge is 2.20. The lowest BCUT2D eigenvalue weighted by Gasteiger charge is -2.13. The molecule has 6 nitrogen and oxygen atoms in total. The number of carbonyl (C=O) groups is 1. The summed E-state index contributed by atoms with van der Waals surface area (Å²) in [6.07, 6.45) is 0. The molecule has 1 aliphatic rings. The first kappa shape index (κ1) is 19.2. The molecule has 2 aromatic carbocycles. The van der Waals surface area contributed by atoms with Crippen LogP contribution in [0.1, 0.15) is 11.1 Å². The second-order valence-corrected chi connectivity index (χ2v) is 8.14. The van der Waals surface area contributed by atoms with Crippen molar-refractivity contribution in [3.63, 3.8) is 0 Å². The molecule has 1 heterocycles. The van der Waals surface area contributed by atoms with Crippen molar-refractivity contribution in [3.05, 3.63) is 58.6 Å². The predicted molar refractivity (Wildman–Crippen MR) is 105 cm³/mol. The molecule has 0 spiro atoms. The number of nitrogens with zero attached hydrogens (tertiary/aromatic N) is 1. The van der Waals surface area contributed by atoms with Crippen molar-refractivity contribution < 1.29 is 13.2 Å². The summed E-state index contributed by atoms with van der Waals surface area (Å²) >= 11 is 5.88. The average Bonchev–Trinajstić information content (AvgIpc) is 3.07. The summed E-state index contributed by atoms with van der Waals surface area (Å²) in [6, 6.07) is 11.8. The number of sulfonamides is 1. The maximum Gasteiger partial charge on any atom is 0.321 e. The Balaban J connectivity index is 1.63. The monoisotopic (exact) mass is 403 g/mol. The number of benzene rings is 2. The number of halogens is 1. The van der Waals surface area contributed by atoms with E-state index >= 15 is 0 Å². The molecule has 0 atom stereocenters. The standard InChI is InChI=1S/C19H18ClN3O3S/c1-14-4-7-16(20)13-18(14)27(25,26)22-10-2-3-15-5-8-17(9-6-15)23-12-11-21-19(23)24/h4-9,13,22H,10-12H2,1H3,(H,21,24). The molecule has 140 valence electrons. The maximum absolute atomic E-state index is 12.4. The van der Waals surface area contributed by atoms with Gasteiger partial charge in [0.15, 0.2) is 0 Å². The lowest BCUT2D eigenvalue weighted by atomic mass is 10.2. The molecular weight excluding hydrogens is 386 g/mol. The average molecular weight is 404 g/mol. The van der Waals surface area contributed by atoms with Gasteiger partial charge in [-0.1, -0.05) is 29.5 Å². The zero-order valence-electron chi connectivity index (χ0n) is 14.6. The van der Waals surface area contributed by atoms with Crippen molar-refractivity contribution >= 4 is 33.3 Å². The van der Waals surface area contributed by atoms with Crippen LogP contribution in [-0.4, -0.2) is 34.1 Å². The van der Waals surface area contributed by atoms with E-state index in [0.717, 1.165) is 11.3 Å². The fourth-order valence-corrected chi connectivity index (χ4v) is 4.09. The third kappa shape index (κ3) is 4.61. The van der Waals surface area contributed by atoms with Crippen LogP contribution in [0.4, 0.5) is 10.5 Å². The van der Waals surface area contributed by atoms with Gasteiger partial charge in [-0.15, -0.1) is 0 Å². The van der Waals surface area contributed by atoms with Gasteiger partial charge in [0.05, 0.1) is 11.4 Å². The zero-order valence-corrected chi connectivity index (χ0v) is 16.2. The molecule has 0 unspecified atom stereocenters. The van der Waals surface area contributed by atoms with Crippen molar-refractivity contribution in [2.75, 3.05) is 24.5 Å². The Morgan fingerprint density at radius 3 is 2.63 bits per heavy atom. The third-order valence-electron chi connectivity index (χ3n) is 4.06. The third-order valence-corrected chi connectivity index (χ3v) is 5.84. The van der Waals surface area contributed by atoms with Gasteiger partial charge in [-0.05, 0) is 48.9 Å². The number of nitrogens with one attached hydrogen (secondary N) is 2. The van der Waals surface area contributed by atoms with Crippen molar-refractivity contribution in [3.8, 4) is 11.8 Å². The van der Waals surface area contributed by atoms with E-state index in [2.05, 4.69) is 21.9 Å². The fraction of sp³-hybridized carbons (Fsp3) is 0.211. The fourth-order valence-electron chi connectivity index (χ4n) is 2.66. The Kier molecular flexibility index (Phi) is 5.71. The summed E-state index contributed by atoms with van der Waals surface area (Å²) in [7, 11) is -3.68. The van der Waals surface area contributed by atoms with Gasteiger partial charge in [-0.25, -0.2) is 13.2 Å². The van der Waals surface area contributed by atoms with E-state index in [0.29, 0.717) is 23.7 Å². The van der Waals surface area contributed by atoms with Crippen molar-refractivity contribution in [1.82, 2.24) is 10.0 Å². The van der Waals surface area contributed by atoms with Crippen LogP contribution in [0.5, 0.6) is 0 Å². The molecule has 0 radical (unpaired) electrons. The molecule has 3 rings (SSSR count). The predicted octanol–water partition coefficient (Wildman–Crippen LogP) is 2.51. The minimum Gasteiger partial charge on any atom is -0.336 e. The van der Waals surface area contributed by atoms with E-state index in [9.17, 15) is 13.2 Å². The van der Waals surface area contributed by atoms with Gasteiger partial charge >= 0.3 is 6.03 Å². The summed E-state index contributed by atoms with van der Waals surface area (Å²) in [5.41, 5.74) is 2.14. The molecule has 2 aromatic rings. The van der Waals surface area contributed by atoms with Crippen molar-refractivity contribution in [2.24, 2.45) is 0 Å². The largest absolute Gasteiger partial charge is 0.336 e. The van der Waals surface area contributed by atoms with Crippen LogP contribution in [0.3, 0.4) is 0 Å². The maximum atomic E-state index is 12.4. The van der Waals surface area contributed by atoms with Gasteiger partial charge in [0.1, 0.15) is 0 Å². The van der Waals surface area contributed by atoms with Crippen molar-refractivity contribution in [2.45, 2.75) is 11.8 Å². The Morgan fingerprint density at radius 1 is 1.22 bits per heavy atom. The van der Waals surface area contributed by atoms with Gasteiger partial charge in [0, 0.05) is 29.4 Å². The van der Waals surface area contributed by atoms with Crippen LogP contribution < -0.4 is 14.9 Å². The highest BCUT2D eigenvalue weighted by atomic mass is 35.5. The lowest BCUT2D eigenvalue weighted by molar-refractivity contribution is 0.252. The van der Waals surface area contributed by atoms with Crippen LogP contribution in [0.25, 0.3) is 0 Å². The number of rotatable bonds is 4. The highest BCUT2D eigenvalue weighted by molar-refractivity contribution is 7.89. The number of hydrogen-bond acceptors (Lipinski definition) is 3. The smallest absolute Gasteiger partial charge is 0.321 e. The topological polar surface area (TPSA) is 78.5 Å². The van der Waals surface area contributed by atoms with Gasteiger partial charge in [-0.2, -0.15) is 4.72 Å². The second-order valence-electron chi connectivity index (χ2n) is 5.97. The van der Waals surface area contributed by atoms with E-state index in [1.54, 1.807) is 36.1 Å². The molecule has 27 heavy (non-hydrogen) atoms. The van der Waals surface area contributed by atoms with Gasteiger partial charge in [0.2, 0.25) is 10.0 Å². The second kappa shape index (κ2) is 8.01. The summed E-state index contributed by atoms with van der Waals surface area (Å²) in [5.74, 6) is 5.69. The molecule has 0 aromatic heterocycles. The first-order valence-electron chi connectivity index (χ1n) is 8.27. The van der Waals surface area contributed by atoms with E-state index in [-0.39, 0.29) is 17.5 Å². The van der Waals surface area contributed by atoms with Crippen molar-refractivity contribution in [1.29, 1.82) is 0 Å². The number of urea groups is 1. The normalized spacial score (nSPS) is 13.9. The number of anilines is 1. The van der Waals surface area contributed by atoms with E-state index in [1.807, 2.05) is 12.1 Å². The summed E-state index contributed by atoms with van der Waals surface area (Å²) < 4.78 is 27.2. The van der Waals surface area contributed by atoms with E-state index in [1.165, 1.54) is 6.07 Å². The molecule has 2 N–H and O–H groups in total. The quantitative estimate of drug-likeness (QED) is 0.770. The molecule has 8 heteroatoms. The lowest BCUT2D eigenvalue weighted by Crippen LogP contribution is -2.27. The number of hydrogen-bond donors (Lipinski definition) is 2. The number of carbonyl (C=O) groups excluding carboxylic acids is 1. The van der Waals surface area contributed by atoms with Gasteiger partial charge in [0.25, 0.3) is 0 Å². The van der Waals surface area contributed by atoms with Crippen LogP contribution in [0.15, 0.2) is 47.4 Å². The molecule has 0 saturated carbocycles. The highest BCUT2D eigenvalue weighted by Crippen LogP contribution is 2.20. The minimum atomic E-state index is -3.68. The Labute approximate surface area is 163 Å². The van der Waals surface area contributed by atoms with Gasteiger partial charge < -0.3 is 5.32 Å². The van der Waals surface area contributed by atoms with Crippen LogP contribution in [0.2, 0.25) is 5.02 Å². The number of amides is 2. The summed E-state index contributed by atoms with van der Waals surface area (Å²) in [6.45, 7) is 2.95. The minimum absolute atomic E-state index is 0.0232. The van der Waals surface area contributed by atoms with Gasteiger partial charge in [-0.3, -0.25) is 4.90 Å². The van der Waals surface area contributed by atoms with E-state index in [4.69, 9.17) is 11.6 Å². The first-order valence-corrected chi connectivity index (χ1v) is 10.1. The molecule has 1 aliphatic heterocycles. The molecule has 1 saturated heterocycles. The first-order chi connectivity index (χ1) is 12.9. The molecular formula is C19H18ClN3O3S. The van der Waals surface area contributed by atoms with Crippen LogP contribution >= 0.6 is 11.6 Å². The molecule has 0 bridgehead atoms. The Hall–Kier alpha value is -2.53. The van der Waals surface area contributed by atoms with Crippen LogP contribution in [0, 0.1) is 18.8 Å². The Bertz CT molecular complexity index is 1020. The molecule has 2 amide bonds. The SMILES string of the molecule is Cc1ccc(Cl)cc1S(=O)(=O)NCC#Cc1ccc(N2CCNC2=O)cc1. The Morgan fingerprint density at radius 2 is 1.96 bits per heavy atom. The van der Waals surface area contributed by atoms with Crippen LogP contribution in [-0.2, 0) is 10.0 Å². The summed E-state index contributed by atoms with van der Waals surface area (Å²) in [5, 5.41) is 3.11. The number of aryl methyl sites for hydroxylation is 1. The zero-order chi connectivity index (χ0) is 19.4. The molecule has 0 aliphatic carbocycles. The van der Waals surface area contributed by atoms with E-state index < -0.39 is 10.0 Å². The molecule has 1 fully saturated rings. The summed E-state index contributed by atoms with van der Waals surface area (Å²) in [4.78, 5) is 13.4.